The number of hydrogen-bond donors (Lipinski definition) is 2. The van der Waals surface area contributed by atoms with E-state index in [0.717, 1.165) is 21.8 Å². The third-order valence-corrected chi connectivity index (χ3v) is 6.09. The molecule has 8 heteroatoms. The second-order valence-corrected chi connectivity index (χ2v) is 8.53. The maximum atomic E-state index is 13.3. The lowest BCUT2D eigenvalue weighted by Crippen LogP contribution is -2.36. The topological polar surface area (TPSA) is 85.2 Å². The van der Waals surface area contributed by atoms with Crippen molar-refractivity contribution < 1.29 is 14.8 Å². The number of urea groups is 1. The summed E-state index contributed by atoms with van der Waals surface area (Å²) in [6.07, 6.45) is 13.8. The lowest BCUT2D eigenvalue weighted by Gasteiger charge is -2.23. The molecule has 3 aliphatic rings. The summed E-state index contributed by atoms with van der Waals surface area (Å²) in [4.78, 5) is 32.3. The Kier molecular flexibility index (Phi) is 6.18. The number of carbonyl (C=O) groups excluding carboxylic acids is 2. The number of halogens is 1. The Labute approximate surface area is 207 Å². The van der Waals surface area contributed by atoms with Gasteiger partial charge in [-0.25, -0.2) is 14.9 Å². The molecule has 0 spiro atoms. The highest BCUT2D eigenvalue weighted by Crippen LogP contribution is 2.35. The van der Waals surface area contributed by atoms with Gasteiger partial charge in [-0.1, -0.05) is 54.1 Å². The first-order chi connectivity index (χ1) is 17.0. The maximum Gasteiger partial charge on any atom is 0.323 e. The standard InChI is InChI=1S/C27H21ClN4O3/c28-20-10-14-22(15-11-20)30-27(34)31-17-19-5-1-2-6-23(19)25(31)26(33)29-21-12-8-18(9-13-21)24-7-3-4-16-32(24)35/h1-16,25,35H,17H2,(H,30,34). The second kappa shape index (κ2) is 9.58. The molecule has 0 radical (unpaired) electrons. The highest BCUT2D eigenvalue weighted by molar-refractivity contribution is 6.30. The highest BCUT2D eigenvalue weighted by atomic mass is 35.5. The van der Waals surface area contributed by atoms with Crippen LogP contribution in [0.5, 0.6) is 0 Å². The SMILES string of the molecule is O=C(N=C1C=CC(=C2C=CC=CN2O)C=C1)C1c2ccccc2CN1C(=O)Nc1ccc(Cl)cc1. The molecule has 0 saturated heterocycles. The number of anilines is 1. The van der Waals surface area contributed by atoms with E-state index < -0.39 is 18.0 Å². The van der Waals surface area contributed by atoms with Crippen LogP contribution >= 0.6 is 11.6 Å². The van der Waals surface area contributed by atoms with Gasteiger partial charge in [0.1, 0.15) is 6.04 Å². The Morgan fingerprint density at radius 3 is 2.46 bits per heavy atom. The first kappa shape index (κ1) is 22.6. The molecule has 0 aromatic heterocycles. The van der Waals surface area contributed by atoms with Crippen molar-refractivity contribution >= 4 is 34.9 Å². The van der Waals surface area contributed by atoms with Crippen LogP contribution in [0.2, 0.25) is 5.02 Å². The molecule has 3 amide bonds. The first-order valence-electron chi connectivity index (χ1n) is 11.0. The van der Waals surface area contributed by atoms with Crippen LogP contribution in [-0.2, 0) is 11.3 Å². The molecule has 2 heterocycles. The number of nitrogens with one attached hydrogen (secondary N) is 1. The molecule has 2 aliphatic heterocycles. The van der Waals surface area contributed by atoms with Gasteiger partial charge in [-0.3, -0.25) is 10.0 Å². The molecular weight excluding hydrogens is 464 g/mol. The smallest absolute Gasteiger partial charge is 0.308 e. The van der Waals surface area contributed by atoms with Crippen molar-refractivity contribution in [3.05, 3.63) is 125 Å². The number of amides is 3. The molecule has 35 heavy (non-hydrogen) atoms. The van der Waals surface area contributed by atoms with Gasteiger partial charge in [0.15, 0.2) is 0 Å². The summed E-state index contributed by atoms with van der Waals surface area (Å²) in [7, 11) is 0. The van der Waals surface area contributed by atoms with E-state index in [9.17, 15) is 14.8 Å². The Bertz CT molecular complexity index is 1350. The van der Waals surface area contributed by atoms with Crippen molar-refractivity contribution in [1.29, 1.82) is 0 Å². The van der Waals surface area contributed by atoms with Crippen molar-refractivity contribution in [1.82, 2.24) is 9.96 Å². The van der Waals surface area contributed by atoms with E-state index >= 15 is 0 Å². The lowest BCUT2D eigenvalue weighted by atomic mass is 10.0. The fourth-order valence-electron chi connectivity index (χ4n) is 4.13. The number of hydroxylamine groups is 2. The monoisotopic (exact) mass is 484 g/mol. The van der Waals surface area contributed by atoms with Gasteiger partial charge in [0.2, 0.25) is 0 Å². The van der Waals surface area contributed by atoms with Crippen LogP contribution < -0.4 is 5.32 Å². The van der Waals surface area contributed by atoms with Crippen LogP contribution in [0.25, 0.3) is 0 Å². The summed E-state index contributed by atoms with van der Waals surface area (Å²) in [5, 5.41) is 14.4. The normalized spacial score (nSPS) is 18.2. The van der Waals surface area contributed by atoms with Gasteiger partial charge in [-0.15, -0.1) is 0 Å². The number of aliphatic imine (C=N–C) groups is 1. The fraction of sp³-hybridized carbons (Fsp3) is 0.0741. The van der Waals surface area contributed by atoms with E-state index in [1.54, 1.807) is 66.9 Å². The molecule has 1 atom stereocenters. The molecule has 2 aromatic rings. The van der Waals surface area contributed by atoms with Gasteiger partial charge < -0.3 is 10.2 Å². The lowest BCUT2D eigenvalue weighted by molar-refractivity contribution is -0.121. The molecule has 174 valence electrons. The van der Waals surface area contributed by atoms with Gasteiger partial charge in [0, 0.05) is 29.0 Å². The molecule has 5 rings (SSSR count). The van der Waals surface area contributed by atoms with Crippen LogP contribution in [0.1, 0.15) is 17.2 Å². The Morgan fingerprint density at radius 1 is 0.971 bits per heavy atom. The summed E-state index contributed by atoms with van der Waals surface area (Å²) in [6.45, 7) is 0.297. The summed E-state index contributed by atoms with van der Waals surface area (Å²) in [6, 6.07) is 13.0. The van der Waals surface area contributed by atoms with Crippen LogP contribution in [0.3, 0.4) is 0 Å². The van der Waals surface area contributed by atoms with Gasteiger partial charge in [-0.05, 0) is 59.7 Å². The zero-order valence-corrected chi connectivity index (χ0v) is 19.3. The molecule has 1 unspecified atom stereocenters. The Morgan fingerprint density at radius 2 is 1.71 bits per heavy atom. The van der Waals surface area contributed by atoms with Crippen molar-refractivity contribution in [2.24, 2.45) is 4.99 Å². The molecule has 1 aliphatic carbocycles. The third kappa shape index (κ3) is 4.73. The summed E-state index contributed by atoms with van der Waals surface area (Å²) in [5.41, 5.74) is 4.08. The number of hydrogen-bond acceptors (Lipinski definition) is 4. The predicted octanol–water partition coefficient (Wildman–Crippen LogP) is 5.55. The van der Waals surface area contributed by atoms with Gasteiger partial charge in [-0.2, -0.15) is 0 Å². The number of carbonyl (C=O) groups is 2. The molecule has 0 saturated carbocycles. The highest BCUT2D eigenvalue weighted by Gasteiger charge is 2.38. The molecule has 7 nitrogen and oxygen atoms in total. The zero-order valence-electron chi connectivity index (χ0n) is 18.5. The number of fused-ring (bicyclic) bond motifs is 1. The summed E-state index contributed by atoms with van der Waals surface area (Å²) >= 11 is 5.94. The number of nitrogens with zero attached hydrogens (tertiary/aromatic N) is 3. The largest absolute Gasteiger partial charge is 0.323 e. The van der Waals surface area contributed by atoms with Crippen molar-refractivity contribution in [3.63, 3.8) is 0 Å². The van der Waals surface area contributed by atoms with Crippen LogP contribution in [0.4, 0.5) is 10.5 Å². The van der Waals surface area contributed by atoms with E-state index in [2.05, 4.69) is 10.3 Å². The van der Waals surface area contributed by atoms with Crippen LogP contribution in [0.15, 0.2) is 114 Å². The number of benzene rings is 2. The fourth-order valence-corrected chi connectivity index (χ4v) is 4.26. The van der Waals surface area contributed by atoms with E-state index in [1.165, 1.54) is 4.90 Å². The van der Waals surface area contributed by atoms with Crippen molar-refractivity contribution in [2.75, 3.05) is 5.32 Å². The van der Waals surface area contributed by atoms with E-state index in [0.29, 0.717) is 28.7 Å². The quantitative estimate of drug-likeness (QED) is 0.585. The Hall–Kier alpha value is -4.20. The minimum absolute atomic E-state index is 0.297. The predicted molar refractivity (Wildman–Crippen MR) is 135 cm³/mol. The minimum atomic E-state index is -0.841. The maximum absolute atomic E-state index is 13.3. The van der Waals surface area contributed by atoms with E-state index in [-0.39, 0.29) is 0 Å². The average Bonchev–Trinajstić information content (AvgIpc) is 3.26. The van der Waals surface area contributed by atoms with E-state index in [4.69, 9.17) is 11.6 Å². The second-order valence-electron chi connectivity index (χ2n) is 8.09. The van der Waals surface area contributed by atoms with E-state index in [1.807, 2.05) is 30.3 Å². The molecule has 0 fully saturated rings. The molecule has 2 N–H and O–H groups in total. The number of rotatable bonds is 2. The third-order valence-electron chi connectivity index (χ3n) is 5.83. The van der Waals surface area contributed by atoms with Crippen molar-refractivity contribution in [3.8, 4) is 0 Å². The minimum Gasteiger partial charge on any atom is -0.308 e. The zero-order chi connectivity index (χ0) is 24.4. The molecule has 0 bridgehead atoms. The molecular formula is C27H21ClN4O3. The van der Waals surface area contributed by atoms with Gasteiger partial charge >= 0.3 is 6.03 Å². The Balaban J connectivity index is 1.38. The average molecular weight is 485 g/mol. The summed E-state index contributed by atoms with van der Waals surface area (Å²) in [5.74, 6) is -0.439. The van der Waals surface area contributed by atoms with Gasteiger partial charge in [0.25, 0.3) is 5.91 Å². The van der Waals surface area contributed by atoms with Gasteiger partial charge in [0.05, 0.1) is 11.4 Å². The van der Waals surface area contributed by atoms with Crippen LogP contribution in [0, 0.1) is 0 Å². The summed E-state index contributed by atoms with van der Waals surface area (Å²) < 4.78 is 0. The van der Waals surface area contributed by atoms with Crippen LogP contribution in [-0.4, -0.2) is 32.8 Å². The number of allylic oxidation sites excluding steroid dienone is 8. The van der Waals surface area contributed by atoms with Crippen molar-refractivity contribution in [2.45, 2.75) is 12.6 Å². The first-order valence-corrected chi connectivity index (χ1v) is 11.3. The molecule has 2 aromatic carbocycles.